The van der Waals surface area contributed by atoms with Gasteiger partial charge in [0, 0.05) is 5.92 Å². The maximum absolute atomic E-state index is 13.3. The second kappa shape index (κ2) is 14.1. The molecule has 7 heteroatoms. The molecular weight excluding hydrogens is 486 g/mol. The van der Waals surface area contributed by atoms with Crippen LogP contribution in [0.3, 0.4) is 0 Å². The minimum Gasteiger partial charge on any atom is -0.465 e. The monoisotopic (exact) mass is 542 g/mol. The summed E-state index contributed by atoms with van der Waals surface area (Å²) in [5.74, 6) is 1.25. The Hall–Kier alpha value is -0.660. The van der Waals surface area contributed by atoms with Crippen molar-refractivity contribution in [2.75, 3.05) is 38.5 Å². The van der Waals surface area contributed by atoms with E-state index in [2.05, 4.69) is 20.8 Å². The van der Waals surface area contributed by atoms with Crippen LogP contribution >= 0.6 is 0 Å². The van der Waals surface area contributed by atoms with E-state index in [9.17, 15) is 17.8 Å². The maximum atomic E-state index is 13.3. The molecule has 4 fully saturated rings. The molecule has 37 heavy (non-hydrogen) atoms. The quantitative estimate of drug-likeness (QED) is 0.0857. The number of hydrogen-bond donors (Lipinski definition) is 1. The van der Waals surface area contributed by atoms with Gasteiger partial charge in [-0.3, -0.25) is 9.35 Å². The minimum absolute atomic E-state index is 0.0960. The van der Waals surface area contributed by atoms with Gasteiger partial charge in [0.05, 0.1) is 44.0 Å². The number of quaternary nitrogens is 1. The van der Waals surface area contributed by atoms with Crippen molar-refractivity contribution in [2.45, 2.75) is 117 Å². The number of carbonyl (C=O) groups excluding carboxylic acids is 1. The second-order valence-corrected chi connectivity index (χ2v) is 14.7. The molecular formula is C30H56NO5S+. The fourth-order valence-corrected chi connectivity index (χ4v) is 9.11. The lowest BCUT2D eigenvalue weighted by Gasteiger charge is -2.55. The maximum Gasteiger partial charge on any atom is 0.312 e. The Morgan fingerprint density at radius 2 is 1.30 bits per heavy atom. The molecule has 216 valence electrons. The molecule has 4 aliphatic rings. The van der Waals surface area contributed by atoms with E-state index in [1.807, 2.05) is 0 Å². The summed E-state index contributed by atoms with van der Waals surface area (Å²) in [6.07, 6.45) is 16.7. The van der Waals surface area contributed by atoms with Crippen molar-refractivity contribution in [3.8, 4) is 0 Å². The van der Waals surface area contributed by atoms with E-state index in [1.165, 1.54) is 81.9 Å². The molecule has 0 saturated heterocycles. The zero-order valence-corrected chi connectivity index (χ0v) is 24.9. The zero-order chi connectivity index (χ0) is 26.9. The van der Waals surface area contributed by atoms with Gasteiger partial charge in [-0.1, -0.05) is 40.0 Å². The molecule has 0 aromatic rings. The van der Waals surface area contributed by atoms with E-state index in [1.54, 1.807) is 0 Å². The van der Waals surface area contributed by atoms with E-state index in [0.29, 0.717) is 24.2 Å². The Kier molecular flexibility index (Phi) is 11.8. The highest BCUT2D eigenvalue weighted by Gasteiger charge is 2.55. The smallest absolute Gasteiger partial charge is 0.312 e. The largest absolute Gasteiger partial charge is 0.465 e. The molecule has 4 aliphatic carbocycles. The summed E-state index contributed by atoms with van der Waals surface area (Å²) in [5, 5.41) is 0. The van der Waals surface area contributed by atoms with Crippen LogP contribution in [0.15, 0.2) is 0 Å². The van der Waals surface area contributed by atoms with Gasteiger partial charge >= 0.3 is 5.97 Å². The van der Waals surface area contributed by atoms with Crippen LogP contribution in [-0.2, 0) is 19.6 Å². The lowest BCUT2D eigenvalue weighted by molar-refractivity contribution is -0.929. The molecule has 0 aromatic heterocycles. The van der Waals surface area contributed by atoms with Crippen LogP contribution in [0.4, 0.5) is 0 Å². The van der Waals surface area contributed by atoms with Gasteiger partial charge in [0.25, 0.3) is 10.1 Å². The molecule has 1 atom stereocenters. The first-order valence-electron chi connectivity index (χ1n) is 15.6. The molecule has 1 unspecified atom stereocenters. The highest BCUT2D eigenvalue weighted by molar-refractivity contribution is 7.85. The van der Waals surface area contributed by atoms with Crippen molar-refractivity contribution in [2.24, 2.45) is 29.1 Å². The van der Waals surface area contributed by atoms with Crippen LogP contribution in [0.1, 0.15) is 117 Å². The first-order valence-corrected chi connectivity index (χ1v) is 17.2. The highest BCUT2D eigenvalue weighted by Crippen LogP contribution is 2.60. The Bertz CT molecular complexity index is 754. The van der Waals surface area contributed by atoms with Gasteiger partial charge in [0.1, 0.15) is 0 Å². The average molecular weight is 543 g/mol. The fourth-order valence-electron chi connectivity index (χ4n) is 8.25. The van der Waals surface area contributed by atoms with Gasteiger partial charge in [-0.15, -0.1) is 0 Å². The minimum atomic E-state index is -4.11. The van der Waals surface area contributed by atoms with E-state index in [-0.39, 0.29) is 29.7 Å². The van der Waals surface area contributed by atoms with Crippen LogP contribution in [-0.4, -0.2) is 62.0 Å². The summed E-state index contributed by atoms with van der Waals surface area (Å²) in [7, 11) is -4.11. The Morgan fingerprint density at radius 3 is 1.73 bits per heavy atom. The van der Waals surface area contributed by atoms with Crippen LogP contribution < -0.4 is 0 Å². The predicted molar refractivity (Wildman–Crippen MR) is 150 cm³/mol. The molecule has 4 bridgehead atoms. The van der Waals surface area contributed by atoms with E-state index >= 15 is 0 Å². The zero-order valence-electron chi connectivity index (χ0n) is 24.1. The van der Waals surface area contributed by atoms with Crippen LogP contribution in [0, 0.1) is 29.1 Å². The number of unbranched alkanes of at least 4 members (excludes halogenated alkanes) is 4. The van der Waals surface area contributed by atoms with Gasteiger partial charge < -0.3 is 9.22 Å². The summed E-state index contributed by atoms with van der Waals surface area (Å²) in [5.41, 5.74) is -0.327. The van der Waals surface area contributed by atoms with E-state index in [0.717, 1.165) is 38.6 Å². The van der Waals surface area contributed by atoms with Crippen molar-refractivity contribution in [3.05, 3.63) is 0 Å². The predicted octanol–water partition coefficient (Wildman–Crippen LogP) is 6.64. The molecule has 0 heterocycles. The molecule has 4 rings (SSSR count). The third kappa shape index (κ3) is 9.20. The van der Waals surface area contributed by atoms with Gasteiger partial charge in [-0.05, 0) is 94.8 Å². The van der Waals surface area contributed by atoms with Gasteiger partial charge in [-0.25, -0.2) is 0 Å². The Balaban J connectivity index is 1.54. The van der Waals surface area contributed by atoms with Gasteiger partial charge in [0.15, 0.2) is 0 Å². The number of carbonyl (C=O) groups is 1. The molecule has 1 N–H and O–H groups in total. The molecule has 6 nitrogen and oxygen atoms in total. The van der Waals surface area contributed by atoms with Crippen molar-refractivity contribution < 1.29 is 27.0 Å². The second-order valence-electron chi connectivity index (χ2n) is 13.2. The number of ether oxygens (including phenoxy) is 1. The van der Waals surface area contributed by atoms with Crippen molar-refractivity contribution in [1.82, 2.24) is 0 Å². The Labute approximate surface area is 227 Å². The van der Waals surface area contributed by atoms with Crippen LogP contribution in [0.2, 0.25) is 0 Å². The van der Waals surface area contributed by atoms with Crippen molar-refractivity contribution >= 4 is 16.1 Å². The first-order chi connectivity index (χ1) is 17.6. The summed E-state index contributed by atoms with van der Waals surface area (Å²) in [6.45, 7) is 11.7. The van der Waals surface area contributed by atoms with E-state index < -0.39 is 10.1 Å². The summed E-state index contributed by atoms with van der Waals surface area (Å²) >= 11 is 0. The summed E-state index contributed by atoms with van der Waals surface area (Å²) in [4.78, 5) is 13.3. The third-order valence-electron chi connectivity index (χ3n) is 9.82. The van der Waals surface area contributed by atoms with Crippen molar-refractivity contribution in [1.29, 1.82) is 0 Å². The molecule has 0 aliphatic heterocycles. The number of rotatable bonds is 19. The van der Waals surface area contributed by atoms with Gasteiger partial charge in [-0.2, -0.15) is 8.42 Å². The van der Waals surface area contributed by atoms with E-state index in [4.69, 9.17) is 4.74 Å². The molecule has 0 spiro atoms. The third-order valence-corrected chi connectivity index (χ3v) is 10.7. The fraction of sp³-hybridized carbons (Fsp3) is 0.967. The van der Waals surface area contributed by atoms with Crippen LogP contribution in [0.25, 0.3) is 0 Å². The number of nitrogens with zero attached hydrogens (tertiary/aromatic N) is 1. The standard InChI is InChI=1S/C30H55NO5S/c1-4-7-13-31(14-8-5-2,15-9-6-3)16-11-10-12-25(24-37(33,34)35)23-36-29(32)30-20-26-17-27(21-30)19-28(18-26)22-30/h25-28H,4-24H2,1-3H3/p+1. The summed E-state index contributed by atoms with van der Waals surface area (Å²) in [6, 6.07) is 0. The normalized spacial score (nSPS) is 27.9. The molecule has 0 aromatic carbocycles. The molecule has 0 amide bonds. The van der Waals surface area contributed by atoms with Gasteiger partial charge in [0.2, 0.25) is 0 Å². The summed E-state index contributed by atoms with van der Waals surface area (Å²) < 4.78 is 40.2. The number of hydrogen-bond acceptors (Lipinski definition) is 4. The highest BCUT2D eigenvalue weighted by atomic mass is 32.2. The molecule has 0 radical (unpaired) electrons. The average Bonchev–Trinajstić information content (AvgIpc) is 2.83. The number of esters is 1. The van der Waals surface area contributed by atoms with Crippen LogP contribution in [0.5, 0.6) is 0 Å². The lowest BCUT2D eigenvalue weighted by Crippen LogP contribution is -2.51. The SMILES string of the molecule is CCCC[N+](CCCC)(CCCC)CCCCC(COC(=O)C12CC3CC(CC(C3)C1)C2)CS(=O)(=O)O. The van der Waals surface area contributed by atoms with Crippen molar-refractivity contribution in [3.63, 3.8) is 0 Å². The molecule has 4 saturated carbocycles. The first kappa shape index (κ1) is 30.9. The topological polar surface area (TPSA) is 80.7 Å². The lowest BCUT2D eigenvalue weighted by atomic mass is 9.49. The Morgan fingerprint density at radius 1 is 0.838 bits per heavy atom.